The van der Waals surface area contributed by atoms with Crippen LogP contribution in [0.15, 0.2) is 77.5 Å². The minimum atomic E-state index is 0.761. The largest absolute Gasteiger partial charge is 0.381 e. The predicted octanol–water partition coefficient (Wildman–Crippen LogP) is 5.12. The van der Waals surface area contributed by atoms with Crippen molar-refractivity contribution in [3.05, 3.63) is 83.1 Å². The molecule has 0 saturated carbocycles. The Balaban J connectivity index is 1.68. The predicted molar refractivity (Wildman–Crippen MR) is 91.1 cm³/mol. The van der Waals surface area contributed by atoms with Crippen LogP contribution in [0.4, 0.5) is 5.69 Å². The molecule has 0 bridgehead atoms. The molecule has 2 aromatic carbocycles. The van der Waals surface area contributed by atoms with Crippen LogP contribution in [-0.4, -0.2) is 4.98 Å². The van der Waals surface area contributed by atoms with Crippen LogP contribution >= 0.6 is 15.9 Å². The second kappa shape index (κ2) is 6.55. The molecule has 0 spiro atoms. The molecule has 2 nitrogen and oxygen atoms in total. The smallest absolute Gasteiger partial charge is 0.0416 e. The van der Waals surface area contributed by atoms with Gasteiger partial charge in [0.25, 0.3) is 0 Å². The lowest BCUT2D eigenvalue weighted by Gasteiger charge is -2.08. The van der Waals surface area contributed by atoms with Crippen LogP contribution in [0.5, 0.6) is 0 Å². The maximum Gasteiger partial charge on any atom is 0.0416 e. The molecule has 0 atom stereocenters. The summed E-state index contributed by atoms with van der Waals surface area (Å²) in [6.45, 7) is 0.761. The van der Waals surface area contributed by atoms with Crippen LogP contribution in [0.3, 0.4) is 0 Å². The van der Waals surface area contributed by atoms with Crippen LogP contribution in [0.1, 0.15) is 5.56 Å². The molecular weight excluding hydrogens is 324 g/mol. The minimum absolute atomic E-state index is 0.761. The maximum atomic E-state index is 4.16. The van der Waals surface area contributed by atoms with E-state index in [0.29, 0.717) is 0 Å². The molecule has 0 fully saturated rings. The molecule has 0 aliphatic rings. The number of hydrogen-bond acceptors (Lipinski definition) is 2. The Bertz CT molecular complexity index is 709. The van der Waals surface area contributed by atoms with Gasteiger partial charge in [0.1, 0.15) is 0 Å². The van der Waals surface area contributed by atoms with E-state index < -0.39 is 0 Å². The Kier molecular flexibility index (Phi) is 4.31. The molecule has 0 radical (unpaired) electrons. The first-order valence-electron chi connectivity index (χ1n) is 6.80. The van der Waals surface area contributed by atoms with E-state index in [2.05, 4.69) is 80.8 Å². The van der Waals surface area contributed by atoms with Crippen molar-refractivity contribution in [3.8, 4) is 11.1 Å². The second-order valence-electron chi connectivity index (χ2n) is 4.81. The molecule has 3 aromatic rings. The fraction of sp³-hybridized carbons (Fsp3) is 0.0556. The molecule has 3 heteroatoms. The quantitative estimate of drug-likeness (QED) is 0.713. The lowest BCUT2D eigenvalue weighted by atomic mass is 10.1. The molecule has 0 saturated heterocycles. The van der Waals surface area contributed by atoms with Crippen molar-refractivity contribution < 1.29 is 0 Å². The number of pyridine rings is 1. The van der Waals surface area contributed by atoms with Crippen molar-refractivity contribution >= 4 is 21.6 Å². The third-order valence-corrected chi connectivity index (χ3v) is 3.68. The Labute approximate surface area is 133 Å². The van der Waals surface area contributed by atoms with Crippen molar-refractivity contribution in [2.45, 2.75) is 6.54 Å². The summed E-state index contributed by atoms with van der Waals surface area (Å²) in [5, 5.41) is 3.41. The van der Waals surface area contributed by atoms with Gasteiger partial charge in [-0.1, -0.05) is 42.5 Å². The van der Waals surface area contributed by atoms with Gasteiger partial charge >= 0.3 is 0 Å². The summed E-state index contributed by atoms with van der Waals surface area (Å²) < 4.78 is 1.00. The van der Waals surface area contributed by atoms with Crippen LogP contribution in [0.2, 0.25) is 0 Å². The van der Waals surface area contributed by atoms with E-state index in [1.165, 1.54) is 11.1 Å². The molecule has 0 aliphatic heterocycles. The molecular formula is C18H15BrN2. The molecule has 1 heterocycles. The van der Waals surface area contributed by atoms with E-state index in [9.17, 15) is 0 Å². The van der Waals surface area contributed by atoms with Gasteiger partial charge in [-0.05, 0) is 50.8 Å². The van der Waals surface area contributed by atoms with Gasteiger partial charge in [0.15, 0.2) is 0 Å². The van der Waals surface area contributed by atoms with Crippen LogP contribution in [-0.2, 0) is 6.54 Å². The summed E-state index contributed by atoms with van der Waals surface area (Å²) >= 11 is 3.43. The number of halogens is 1. The van der Waals surface area contributed by atoms with Gasteiger partial charge in [0.05, 0.1) is 0 Å². The number of benzene rings is 2. The van der Waals surface area contributed by atoms with Crippen LogP contribution < -0.4 is 5.32 Å². The van der Waals surface area contributed by atoms with Crippen molar-refractivity contribution in [1.29, 1.82) is 0 Å². The first-order valence-corrected chi connectivity index (χ1v) is 7.59. The van der Waals surface area contributed by atoms with E-state index in [4.69, 9.17) is 0 Å². The van der Waals surface area contributed by atoms with Gasteiger partial charge in [0.2, 0.25) is 0 Å². The monoisotopic (exact) mass is 338 g/mol. The zero-order chi connectivity index (χ0) is 14.5. The van der Waals surface area contributed by atoms with Gasteiger partial charge in [-0.15, -0.1) is 0 Å². The van der Waals surface area contributed by atoms with E-state index in [0.717, 1.165) is 22.3 Å². The van der Waals surface area contributed by atoms with Gasteiger partial charge in [0, 0.05) is 29.1 Å². The van der Waals surface area contributed by atoms with Crippen molar-refractivity contribution in [3.63, 3.8) is 0 Å². The molecule has 0 unspecified atom stereocenters. The molecule has 1 aromatic heterocycles. The van der Waals surface area contributed by atoms with Crippen molar-refractivity contribution in [2.75, 3.05) is 5.32 Å². The average molecular weight is 339 g/mol. The third kappa shape index (κ3) is 3.70. The Hall–Kier alpha value is -2.13. The summed E-state index contributed by atoms with van der Waals surface area (Å²) in [6, 6.07) is 20.9. The highest BCUT2D eigenvalue weighted by atomic mass is 79.9. The summed E-state index contributed by atoms with van der Waals surface area (Å²) in [5.74, 6) is 0. The zero-order valence-electron chi connectivity index (χ0n) is 11.5. The second-order valence-corrected chi connectivity index (χ2v) is 5.72. The molecule has 1 N–H and O–H groups in total. The van der Waals surface area contributed by atoms with E-state index >= 15 is 0 Å². The number of nitrogens with zero attached hydrogens (tertiary/aromatic N) is 1. The Morgan fingerprint density at radius 1 is 0.857 bits per heavy atom. The van der Waals surface area contributed by atoms with E-state index in [1.54, 1.807) is 6.20 Å². The van der Waals surface area contributed by atoms with Gasteiger partial charge in [-0.3, -0.25) is 4.98 Å². The normalized spacial score (nSPS) is 10.3. The molecule has 21 heavy (non-hydrogen) atoms. The van der Waals surface area contributed by atoms with Gasteiger partial charge < -0.3 is 5.32 Å². The van der Waals surface area contributed by atoms with E-state index in [-0.39, 0.29) is 0 Å². The molecule has 3 rings (SSSR count). The molecule has 104 valence electrons. The van der Waals surface area contributed by atoms with Crippen molar-refractivity contribution in [1.82, 2.24) is 4.98 Å². The molecule has 0 aliphatic carbocycles. The number of anilines is 1. The number of nitrogens with one attached hydrogen (secondary N) is 1. The lowest BCUT2D eigenvalue weighted by Crippen LogP contribution is -1.99. The topological polar surface area (TPSA) is 24.9 Å². The summed E-state index contributed by atoms with van der Waals surface area (Å²) in [4.78, 5) is 4.16. The SMILES string of the molecule is Brc1cncc(CNc2ccc(-c3ccccc3)cc2)c1. The first-order chi connectivity index (χ1) is 10.3. The van der Waals surface area contributed by atoms with Gasteiger partial charge in [-0.2, -0.15) is 0 Å². The number of hydrogen-bond donors (Lipinski definition) is 1. The lowest BCUT2D eigenvalue weighted by molar-refractivity contribution is 1.11. The fourth-order valence-electron chi connectivity index (χ4n) is 2.17. The fourth-order valence-corrected chi connectivity index (χ4v) is 2.58. The van der Waals surface area contributed by atoms with Crippen LogP contribution in [0, 0.1) is 0 Å². The highest BCUT2D eigenvalue weighted by molar-refractivity contribution is 9.10. The van der Waals surface area contributed by atoms with E-state index in [1.807, 2.05) is 12.3 Å². The number of aromatic nitrogens is 1. The van der Waals surface area contributed by atoms with Crippen LogP contribution in [0.25, 0.3) is 11.1 Å². The third-order valence-electron chi connectivity index (χ3n) is 3.25. The highest BCUT2D eigenvalue weighted by Crippen LogP contribution is 2.21. The summed E-state index contributed by atoms with van der Waals surface area (Å²) in [6.07, 6.45) is 3.66. The zero-order valence-corrected chi connectivity index (χ0v) is 13.0. The summed E-state index contributed by atoms with van der Waals surface area (Å²) in [5.41, 5.74) is 4.72. The average Bonchev–Trinajstić information content (AvgIpc) is 2.54. The van der Waals surface area contributed by atoms with Crippen molar-refractivity contribution in [2.24, 2.45) is 0 Å². The Morgan fingerprint density at radius 2 is 1.57 bits per heavy atom. The maximum absolute atomic E-state index is 4.16. The number of rotatable bonds is 4. The summed E-state index contributed by atoms with van der Waals surface area (Å²) in [7, 11) is 0. The first kappa shape index (κ1) is 13.8. The van der Waals surface area contributed by atoms with Gasteiger partial charge in [-0.25, -0.2) is 0 Å². The standard InChI is InChI=1S/C18H15BrN2/c19-17-10-14(11-20-13-17)12-21-18-8-6-16(7-9-18)15-4-2-1-3-5-15/h1-11,13,21H,12H2. The Morgan fingerprint density at radius 3 is 2.29 bits per heavy atom. The minimum Gasteiger partial charge on any atom is -0.381 e. The highest BCUT2D eigenvalue weighted by Gasteiger charge is 1.98. The molecule has 0 amide bonds.